The molecule has 1 N–H and O–H groups in total. The van der Waals surface area contributed by atoms with Crippen LogP contribution in [0.2, 0.25) is 0 Å². The van der Waals surface area contributed by atoms with Crippen LogP contribution in [-0.4, -0.2) is 34.9 Å². The number of phenolic OH excluding ortho intramolecular Hbond substituents is 1. The maximum absolute atomic E-state index is 14.6. The lowest BCUT2D eigenvalue weighted by atomic mass is 9.93. The molecule has 0 aliphatic heterocycles. The van der Waals surface area contributed by atoms with Gasteiger partial charge in [-0.1, -0.05) is 75.7 Å². The topological polar surface area (TPSA) is 113 Å². The van der Waals surface area contributed by atoms with Crippen LogP contribution in [0.25, 0.3) is 0 Å². The van der Waals surface area contributed by atoms with Crippen LogP contribution >= 0.6 is 0 Å². The first kappa shape index (κ1) is 31.8. The molecule has 8 nitrogen and oxygen atoms in total. The molecule has 4 aromatic rings. The zero-order valence-electron chi connectivity index (χ0n) is 25.0. The second-order valence-electron chi connectivity index (χ2n) is 10.8. The standard InChI is InChI=1S/C33H36N2O6S2/c1-22(2)30-20-26(21-31(23(3)4)32(30)36)35(43(39,40)29-18-14-27(41-6)15-19-29)33(25-10-8-7-9-11-25)34-42(37,38)28-16-12-24(5)13-17-28/h7-23,36H,1-6H3. The van der Waals surface area contributed by atoms with Crippen molar-refractivity contribution in [1.29, 1.82) is 0 Å². The largest absolute Gasteiger partial charge is 0.507 e. The highest BCUT2D eigenvalue weighted by Gasteiger charge is 2.34. The number of sulfonamides is 2. The molecule has 0 unspecified atom stereocenters. The van der Waals surface area contributed by atoms with Gasteiger partial charge >= 0.3 is 0 Å². The Bertz CT molecular complexity index is 1800. The van der Waals surface area contributed by atoms with Crippen molar-refractivity contribution in [2.24, 2.45) is 4.40 Å². The monoisotopic (exact) mass is 620 g/mol. The van der Waals surface area contributed by atoms with E-state index in [1.54, 1.807) is 54.6 Å². The molecule has 0 radical (unpaired) electrons. The average Bonchev–Trinajstić information content (AvgIpc) is 2.97. The summed E-state index contributed by atoms with van der Waals surface area (Å²) in [7, 11) is -7.39. The third-order valence-corrected chi connectivity index (χ3v) is 9.99. The van der Waals surface area contributed by atoms with E-state index in [0.717, 1.165) is 9.87 Å². The van der Waals surface area contributed by atoms with E-state index < -0.39 is 20.0 Å². The fourth-order valence-corrected chi connectivity index (χ4v) is 7.06. The van der Waals surface area contributed by atoms with Crippen LogP contribution in [0.1, 0.15) is 61.8 Å². The second kappa shape index (κ2) is 12.6. The number of aryl methyl sites for hydroxylation is 1. The number of phenols is 1. The van der Waals surface area contributed by atoms with Gasteiger partial charge in [-0.3, -0.25) is 0 Å². The lowest BCUT2D eigenvalue weighted by Gasteiger charge is -2.28. The number of anilines is 1. The first-order chi connectivity index (χ1) is 20.3. The lowest BCUT2D eigenvalue weighted by Crippen LogP contribution is -2.38. The van der Waals surface area contributed by atoms with Gasteiger partial charge in [-0.15, -0.1) is 4.40 Å². The van der Waals surface area contributed by atoms with Crippen LogP contribution in [-0.2, 0) is 20.0 Å². The van der Waals surface area contributed by atoms with Crippen molar-refractivity contribution in [3.05, 3.63) is 113 Å². The molecule has 0 spiro atoms. The van der Waals surface area contributed by atoms with Crippen molar-refractivity contribution in [2.45, 2.75) is 56.2 Å². The molecule has 0 aliphatic carbocycles. The van der Waals surface area contributed by atoms with Crippen LogP contribution in [0.15, 0.2) is 105 Å². The Kier molecular flexibility index (Phi) is 9.32. The van der Waals surface area contributed by atoms with Crippen molar-refractivity contribution < 1.29 is 26.7 Å². The predicted molar refractivity (Wildman–Crippen MR) is 170 cm³/mol. The van der Waals surface area contributed by atoms with Crippen molar-refractivity contribution in [2.75, 3.05) is 11.4 Å². The fraction of sp³-hybridized carbons (Fsp3) is 0.242. The molecule has 4 rings (SSSR count). The predicted octanol–water partition coefficient (Wildman–Crippen LogP) is 6.99. The van der Waals surface area contributed by atoms with E-state index in [9.17, 15) is 21.9 Å². The summed E-state index contributed by atoms with van der Waals surface area (Å²) in [4.78, 5) is -0.181. The Morgan fingerprint density at radius 1 is 0.767 bits per heavy atom. The van der Waals surface area contributed by atoms with Crippen molar-refractivity contribution >= 4 is 31.6 Å². The zero-order chi connectivity index (χ0) is 31.5. The minimum absolute atomic E-state index is 0.0704. The van der Waals surface area contributed by atoms with Gasteiger partial charge in [0.2, 0.25) is 0 Å². The van der Waals surface area contributed by atoms with E-state index in [4.69, 9.17) is 4.74 Å². The van der Waals surface area contributed by atoms with Crippen molar-refractivity contribution in [3.8, 4) is 11.5 Å². The molecule has 0 saturated heterocycles. The number of amidine groups is 1. The van der Waals surface area contributed by atoms with E-state index in [-0.39, 0.29) is 44.5 Å². The Labute approximate surface area is 254 Å². The van der Waals surface area contributed by atoms with Gasteiger partial charge in [0.15, 0.2) is 5.84 Å². The summed E-state index contributed by atoms with van der Waals surface area (Å²) in [6.07, 6.45) is 0. The van der Waals surface area contributed by atoms with Gasteiger partial charge in [0.1, 0.15) is 11.5 Å². The van der Waals surface area contributed by atoms with Gasteiger partial charge in [0, 0.05) is 5.56 Å². The molecule has 0 atom stereocenters. The highest BCUT2D eigenvalue weighted by Crippen LogP contribution is 2.40. The molecule has 10 heteroatoms. The highest BCUT2D eigenvalue weighted by atomic mass is 32.2. The van der Waals surface area contributed by atoms with Crippen molar-refractivity contribution in [1.82, 2.24) is 0 Å². The Morgan fingerprint density at radius 2 is 1.28 bits per heavy atom. The van der Waals surface area contributed by atoms with Gasteiger partial charge in [-0.25, -0.2) is 12.7 Å². The molecule has 0 aromatic heterocycles. The van der Waals surface area contributed by atoms with E-state index in [1.165, 1.54) is 43.5 Å². The maximum atomic E-state index is 14.6. The van der Waals surface area contributed by atoms with Crippen LogP contribution in [0, 0.1) is 6.92 Å². The summed E-state index contributed by atoms with van der Waals surface area (Å²) in [6, 6.07) is 23.5. The maximum Gasteiger partial charge on any atom is 0.284 e. The molecule has 0 heterocycles. The van der Waals surface area contributed by atoms with Gasteiger partial charge in [0.25, 0.3) is 20.0 Å². The Balaban J connectivity index is 2.12. The Morgan fingerprint density at radius 3 is 1.77 bits per heavy atom. The second-order valence-corrected chi connectivity index (χ2v) is 14.2. The molecule has 0 aliphatic rings. The summed E-state index contributed by atoms with van der Waals surface area (Å²) >= 11 is 0. The van der Waals surface area contributed by atoms with E-state index in [2.05, 4.69) is 4.40 Å². The van der Waals surface area contributed by atoms with Gasteiger partial charge < -0.3 is 9.84 Å². The number of ether oxygens (including phenoxy) is 1. The fourth-order valence-electron chi connectivity index (χ4n) is 4.56. The molecule has 4 aromatic carbocycles. The Hall–Kier alpha value is -4.15. The number of hydrogen-bond donors (Lipinski definition) is 1. The minimum atomic E-state index is -4.48. The minimum Gasteiger partial charge on any atom is -0.507 e. The first-order valence-corrected chi connectivity index (χ1v) is 16.7. The SMILES string of the molecule is COc1ccc(S(=O)(=O)N(C(=NS(=O)(=O)c2ccc(C)cc2)c2ccccc2)c2cc(C(C)C)c(O)c(C(C)C)c2)cc1. The molecule has 43 heavy (non-hydrogen) atoms. The molecule has 0 saturated carbocycles. The number of nitrogens with zero attached hydrogens (tertiary/aromatic N) is 2. The summed E-state index contributed by atoms with van der Waals surface area (Å²) in [6.45, 7) is 9.39. The summed E-state index contributed by atoms with van der Waals surface area (Å²) in [5.74, 6) is -0.126. The number of benzene rings is 4. The molecule has 0 fully saturated rings. The van der Waals surface area contributed by atoms with Crippen molar-refractivity contribution in [3.63, 3.8) is 0 Å². The third kappa shape index (κ3) is 6.76. The number of aromatic hydroxyl groups is 1. The van der Waals surface area contributed by atoms with Gasteiger partial charge in [-0.05, 0) is 78.4 Å². The normalized spacial score (nSPS) is 12.5. The molecule has 226 valence electrons. The van der Waals surface area contributed by atoms with E-state index >= 15 is 0 Å². The zero-order valence-corrected chi connectivity index (χ0v) is 26.6. The quantitative estimate of drug-likeness (QED) is 0.159. The van der Waals surface area contributed by atoms with E-state index in [0.29, 0.717) is 16.9 Å². The summed E-state index contributed by atoms with van der Waals surface area (Å²) < 4.78 is 67.1. The third-order valence-electron chi connectivity index (χ3n) is 6.98. The smallest absolute Gasteiger partial charge is 0.284 e. The molecule has 0 bridgehead atoms. The van der Waals surface area contributed by atoms with Crippen LogP contribution in [0.4, 0.5) is 5.69 Å². The lowest BCUT2D eigenvalue weighted by molar-refractivity contribution is 0.414. The summed E-state index contributed by atoms with van der Waals surface area (Å²) in [5, 5.41) is 11.1. The average molecular weight is 621 g/mol. The number of rotatable bonds is 9. The van der Waals surface area contributed by atoms with Crippen LogP contribution in [0.3, 0.4) is 0 Å². The van der Waals surface area contributed by atoms with Crippen LogP contribution < -0.4 is 9.04 Å². The first-order valence-electron chi connectivity index (χ1n) is 13.8. The number of hydrogen-bond acceptors (Lipinski definition) is 6. The highest BCUT2D eigenvalue weighted by molar-refractivity contribution is 7.94. The molecular weight excluding hydrogens is 585 g/mol. The van der Waals surface area contributed by atoms with Crippen LogP contribution in [0.5, 0.6) is 11.5 Å². The van der Waals surface area contributed by atoms with Gasteiger partial charge in [-0.2, -0.15) is 8.42 Å². The molecular formula is C33H36N2O6S2. The summed E-state index contributed by atoms with van der Waals surface area (Å²) in [5.41, 5.74) is 2.31. The van der Waals surface area contributed by atoms with Gasteiger partial charge in [0.05, 0.1) is 22.6 Å². The van der Waals surface area contributed by atoms with E-state index in [1.807, 2.05) is 34.6 Å². The molecule has 0 amide bonds. The number of methoxy groups -OCH3 is 1.